The van der Waals surface area contributed by atoms with Crippen LogP contribution < -0.4 is 10.6 Å². The highest BCUT2D eigenvalue weighted by Crippen LogP contribution is 2.38. The molecule has 0 radical (unpaired) electrons. The molecule has 3 aromatic rings. The van der Waals surface area contributed by atoms with Crippen LogP contribution in [0, 0.1) is 5.82 Å². The van der Waals surface area contributed by atoms with Gasteiger partial charge in [0.25, 0.3) is 0 Å². The third kappa shape index (κ3) is 6.28. The summed E-state index contributed by atoms with van der Waals surface area (Å²) in [7, 11) is 0. The van der Waals surface area contributed by atoms with E-state index < -0.39 is 34.7 Å². The van der Waals surface area contributed by atoms with Gasteiger partial charge in [0.1, 0.15) is 11.4 Å². The number of benzene rings is 2. The van der Waals surface area contributed by atoms with Crippen LogP contribution in [-0.4, -0.2) is 28.3 Å². The van der Waals surface area contributed by atoms with Crippen molar-refractivity contribution in [3.63, 3.8) is 0 Å². The Morgan fingerprint density at radius 2 is 1.68 bits per heavy atom. The SMILES string of the molecule is O=C(NC1(CO)CCCC1)N[C@](Cc1ccccc1)(c1cc(F)cc(C(F)(F)F)c1)c1ccc(CI)cn1. The number of hydrogen-bond donors (Lipinski definition) is 3. The summed E-state index contributed by atoms with van der Waals surface area (Å²) in [6, 6.07) is 14.0. The van der Waals surface area contributed by atoms with Crippen LogP contribution in [0.5, 0.6) is 0 Å². The van der Waals surface area contributed by atoms with Gasteiger partial charge in [0.15, 0.2) is 0 Å². The molecule has 1 aromatic heterocycles. The van der Waals surface area contributed by atoms with E-state index in [1.54, 1.807) is 48.7 Å². The molecule has 2 aromatic carbocycles. The van der Waals surface area contributed by atoms with Crippen LogP contribution in [0.3, 0.4) is 0 Å². The zero-order chi connectivity index (χ0) is 27.4. The number of rotatable bonds is 8. The summed E-state index contributed by atoms with van der Waals surface area (Å²) < 4.78 is 56.8. The molecule has 10 heteroatoms. The quantitative estimate of drug-likeness (QED) is 0.154. The van der Waals surface area contributed by atoms with Crippen molar-refractivity contribution in [1.29, 1.82) is 0 Å². The number of halogens is 5. The number of aliphatic hydroxyl groups is 1. The fraction of sp³-hybridized carbons (Fsp3) is 0.357. The van der Waals surface area contributed by atoms with Gasteiger partial charge in [0, 0.05) is 17.0 Å². The van der Waals surface area contributed by atoms with Gasteiger partial charge in [-0.25, -0.2) is 9.18 Å². The number of nitrogens with one attached hydrogen (secondary N) is 2. The summed E-state index contributed by atoms with van der Waals surface area (Å²) in [5.74, 6) is -1.08. The van der Waals surface area contributed by atoms with Crippen LogP contribution in [0.25, 0.3) is 0 Å². The van der Waals surface area contributed by atoms with Crippen LogP contribution in [-0.2, 0) is 22.6 Å². The van der Waals surface area contributed by atoms with Crippen LogP contribution >= 0.6 is 22.6 Å². The van der Waals surface area contributed by atoms with Gasteiger partial charge in [-0.3, -0.25) is 4.98 Å². The molecule has 5 nitrogen and oxygen atoms in total. The van der Waals surface area contributed by atoms with Crippen LogP contribution in [0.4, 0.5) is 22.4 Å². The van der Waals surface area contributed by atoms with E-state index in [1.807, 2.05) is 0 Å². The average molecular weight is 641 g/mol. The molecule has 0 unspecified atom stereocenters. The number of aromatic nitrogens is 1. The molecule has 202 valence electrons. The minimum Gasteiger partial charge on any atom is -0.394 e. The maximum Gasteiger partial charge on any atom is 0.416 e. The first-order valence-corrected chi connectivity index (χ1v) is 13.8. The molecule has 0 saturated heterocycles. The first-order valence-electron chi connectivity index (χ1n) is 12.2. The molecule has 1 saturated carbocycles. The number of urea groups is 1. The molecule has 3 N–H and O–H groups in total. The van der Waals surface area contributed by atoms with Crippen molar-refractivity contribution in [2.75, 3.05) is 6.61 Å². The Kier molecular flexibility index (Phi) is 8.61. The van der Waals surface area contributed by atoms with Crippen molar-refractivity contribution in [3.05, 3.63) is 101 Å². The molecular weight excluding hydrogens is 613 g/mol. The van der Waals surface area contributed by atoms with E-state index >= 15 is 0 Å². The maximum atomic E-state index is 14.8. The molecule has 1 heterocycles. The summed E-state index contributed by atoms with van der Waals surface area (Å²) in [6.45, 7) is -0.271. The van der Waals surface area contributed by atoms with Crippen molar-refractivity contribution in [3.8, 4) is 0 Å². The standard InChI is InChI=1S/C28H28F4IN3O2/c29-23-13-21(12-22(14-23)28(30,31)32)27(15-19-6-2-1-3-7-19,24-9-8-20(16-33)17-34-24)36-25(38)35-26(18-37)10-4-5-11-26/h1-3,6-9,12-14,17,37H,4-5,10-11,15-16,18H2,(H2,35,36,38)/t27-/m1/s1. The third-order valence-electron chi connectivity index (χ3n) is 7.02. The Bertz CT molecular complexity index is 1250. The van der Waals surface area contributed by atoms with Gasteiger partial charge >= 0.3 is 12.2 Å². The number of pyridine rings is 1. The second-order valence-electron chi connectivity index (χ2n) is 9.70. The molecule has 0 bridgehead atoms. The predicted molar refractivity (Wildman–Crippen MR) is 144 cm³/mol. The van der Waals surface area contributed by atoms with Gasteiger partial charge in [-0.05, 0) is 53.8 Å². The monoisotopic (exact) mass is 641 g/mol. The molecule has 1 aliphatic rings. The first-order chi connectivity index (χ1) is 18.1. The molecule has 0 aliphatic heterocycles. The van der Waals surface area contributed by atoms with E-state index in [1.165, 1.54) is 0 Å². The fourth-order valence-electron chi connectivity index (χ4n) is 5.02. The highest BCUT2D eigenvalue weighted by atomic mass is 127. The van der Waals surface area contributed by atoms with Gasteiger partial charge in [0.05, 0.1) is 23.4 Å². The van der Waals surface area contributed by atoms with Crippen molar-refractivity contribution in [2.24, 2.45) is 0 Å². The Morgan fingerprint density at radius 3 is 2.26 bits per heavy atom. The second kappa shape index (κ2) is 11.6. The van der Waals surface area contributed by atoms with Gasteiger partial charge in [-0.2, -0.15) is 13.2 Å². The lowest BCUT2D eigenvalue weighted by Crippen LogP contribution is -2.58. The largest absolute Gasteiger partial charge is 0.416 e. The van der Waals surface area contributed by atoms with E-state index in [0.29, 0.717) is 28.9 Å². The van der Waals surface area contributed by atoms with E-state index in [2.05, 4.69) is 38.2 Å². The summed E-state index contributed by atoms with van der Waals surface area (Å²) in [4.78, 5) is 18.1. The second-order valence-corrected chi connectivity index (χ2v) is 10.5. The van der Waals surface area contributed by atoms with Crippen molar-refractivity contribution in [2.45, 2.75) is 53.8 Å². The van der Waals surface area contributed by atoms with Crippen LogP contribution in [0.1, 0.15) is 53.6 Å². The number of amides is 2. The number of carbonyl (C=O) groups excluding carboxylic acids is 1. The number of hydrogen-bond acceptors (Lipinski definition) is 3. The molecular formula is C28H28F4IN3O2. The number of carbonyl (C=O) groups is 1. The maximum absolute atomic E-state index is 14.8. The van der Waals surface area contributed by atoms with Gasteiger partial charge in [-0.15, -0.1) is 0 Å². The normalized spacial score (nSPS) is 16.6. The number of aliphatic hydroxyl groups excluding tert-OH is 1. The van der Waals surface area contributed by atoms with Gasteiger partial charge in [-0.1, -0.05) is 71.8 Å². The summed E-state index contributed by atoms with van der Waals surface area (Å²) in [5, 5.41) is 15.8. The summed E-state index contributed by atoms with van der Waals surface area (Å²) >= 11 is 2.17. The van der Waals surface area contributed by atoms with Gasteiger partial charge in [0.2, 0.25) is 0 Å². The van der Waals surface area contributed by atoms with E-state index in [9.17, 15) is 27.5 Å². The molecule has 2 amide bonds. The lowest BCUT2D eigenvalue weighted by molar-refractivity contribution is -0.137. The smallest absolute Gasteiger partial charge is 0.394 e. The Morgan fingerprint density at radius 1 is 1.00 bits per heavy atom. The van der Waals surface area contributed by atoms with Gasteiger partial charge < -0.3 is 15.7 Å². The molecule has 38 heavy (non-hydrogen) atoms. The summed E-state index contributed by atoms with van der Waals surface area (Å²) in [5.41, 5.74) is -1.92. The van der Waals surface area contributed by atoms with Crippen molar-refractivity contribution in [1.82, 2.24) is 15.6 Å². The number of alkyl halides is 4. The lowest BCUT2D eigenvalue weighted by atomic mass is 9.79. The molecule has 1 atom stereocenters. The minimum atomic E-state index is -4.80. The van der Waals surface area contributed by atoms with E-state index in [4.69, 9.17) is 0 Å². The van der Waals surface area contributed by atoms with Crippen molar-refractivity contribution >= 4 is 28.6 Å². The fourth-order valence-corrected chi connectivity index (χ4v) is 5.47. The Hall–Kier alpha value is -2.73. The van der Waals surface area contributed by atoms with Crippen molar-refractivity contribution < 1.29 is 27.5 Å². The predicted octanol–water partition coefficient (Wildman–Crippen LogP) is 6.27. The first kappa shape index (κ1) is 28.3. The minimum absolute atomic E-state index is 0.00468. The number of nitrogens with zero attached hydrogens (tertiary/aromatic N) is 1. The third-order valence-corrected chi connectivity index (χ3v) is 7.90. The molecule has 1 aliphatic carbocycles. The molecule has 4 rings (SSSR count). The highest BCUT2D eigenvalue weighted by molar-refractivity contribution is 14.1. The van der Waals surface area contributed by atoms with E-state index in [-0.39, 0.29) is 24.3 Å². The lowest BCUT2D eigenvalue weighted by Gasteiger charge is -2.38. The average Bonchev–Trinajstić information content (AvgIpc) is 3.36. The Balaban J connectivity index is 1.90. The zero-order valence-electron chi connectivity index (χ0n) is 20.5. The molecule has 1 fully saturated rings. The van der Waals surface area contributed by atoms with E-state index in [0.717, 1.165) is 30.5 Å². The Labute approximate surface area is 232 Å². The highest BCUT2D eigenvalue weighted by Gasteiger charge is 2.43. The van der Waals surface area contributed by atoms with Crippen LogP contribution in [0.15, 0.2) is 66.9 Å². The van der Waals surface area contributed by atoms with Crippen LogP contribution in [0.2, 0.25) is 0 Å². The zero-order valence-corrected chi connectivity index (χ0v) is 22.7. The summed E-state index contributed by atoms with van der Waals surface area (Å²) in [6.07, 6.45) is -0.405. The molecule has 0 spiro atoms. The topological polar surface area (TPSA) is 74.2 Å².